The number of esters is 1. The minimum atomic E-state index is -1.03. The lowest BCUT2D eigenvalue weighted by atomic mass is 9.86. The van der Waals surface area contributed by atoms with Crippen molar-refractivity contribution >= 4 is 47.1 Å². The average molecular weight is 482 g/mol. The van der Waals surface area contributed by atoms with Crippen LogP contribution in [0.1, 0.15) is 17.3 Å². The molecule has 0 aliphatic carbocycles. The van der Waals surface area contributed by atoms with Crippen molar-refractivity contribution in [3.63, 3.8) is 0 Å². The molecule has 2 aromatic carbocycles. The molecule has 172 valence electrons. The summed E-state index contributed by atoms with van der Waals surface area (Å²) in [6, 6.07) is 7.90. The molecule has 2 aromatic rings. The number of imide groups is 1. The zero-order valence-corrected chi connectivity index (χ0v) is 18.5. The quantitative estimate of drug-likeness (QED) is 0.288. The zero-order valence-electron chi connectivity index (χ0n) is 17.7. The average Bonchev–Trinajstić information content (AvgIpc) is 3.28. The minimum Gasteiger partial charge on any atom is -0.427 e. The monoisotopic (exact) mass is 481 g/mol. The number of hydrogen-bond donors (Lipinski definition) is 0. The van der Waals surface area contributed by atoms with Crippen LogP contribution in [0.2, 0.25) is 5.02 Å². The van der Waals surface area contributed by atoms with Crippen LogP contribution in [0.25, 0.3) is 0 Å². The number of nitrogens with zero attached hydrogens (tertiary/aromatic N) is 3. The fourth-order valence-corrected chi connectivity index (χ4v) is 4.91. The Labute approximate surface area is 198 Å². The highest BCUT2D eigenvalue weighted by molar-refractivity contribution is 6.31. The third kappa shape index (κ3) is 3.40. The maximum atomic E-state index is 13.7. The van der Waals surface area contributed by atoms with Crippen LogP contribution in [0.4, 0.5) is 10.1 Å². The van der Waals surface area contributed by atoms with Gasteiger partial charge < -0.3 is 4.74 Å². The number of halogens is 2. The van der Waals surface area contributed by atoms with E-state index in [2.05, 4.69) is 5.10 Å². The van der Waals surface area contributed by atoms with E-state index >= 15 is 0 Å². The molecular formula is C24H17ClFN3O5. The van der Waals surface area contributed by atoms with Crippen molar-refractivity contribution < 1.29 is 28.3 Å². The Bertz CT molecular complexity index is 1290. The van der Waals surface area contributed by atoms with Crippen molar-refractivity contribution in [2.75, 3.05) is 4.90 Å². The molecule has 2 amide bonds. The van der Waals surface area contributed by atoms with E-state index in [9.17, 15) is 23.6 Å². The maximum absolute atomic E-state index is 13.7. The number of rotatable bonds is 4. The van der Waals surface area contributed by atoms with Crippen LogP contribution in [-0.2, 0) is 14.4 Å². The van der Waals surface area contributed by atoms with Gasteiger partial charge in [0.1, 0.15) is 17.6 Å². The van der Waals surface area contributed by atoms with Crippen molar-refractivity contribution in [1.29, 1.82) is 0 Å². The predicted molar refractivity (Wildman–Crippen MR) is 120 cm³/mol. The largest absolute Gasteiger partial charge is 0.427 e. The van der Waals surface area contributed by atoms with Crippen molar-refractivity contribution in [3.05, 3.63) is 71.0 Å². The molecule has 0 N–H and O–H groups in total. The Morgan fingerprint density at radius 2 is 1.76 bits per heavy atom. The topological polar surface area (TPSA) is 96.3 Å². The van der Waals surface area contributed by atoms with E-state index in [1.54, 1.807) is 12.2 Å². The number of fused-ring (bicyclic) bond motifs is 3. The summed E-state index contributed by atoms with van der Waals surface area (Å²) in [6.45, 7) is 1.27. The summed E-state index contributed by atoms with van der Waals surface area (Å²) >= 11 is 5.87. The Kier molecular flexibility index (Phi) is 5.28. The van der Waals surface area contributed by atoms with E-state index in [1.165, 1.54) is 54.5 Å². The predicted octanol–water partition coefficient (Wildman–Crippen LogP) is 3.00. The first-order valence-electron chi connectivity index (χ1n) is 10.4. The van der Waals surface area contributed by atoms with Crippen molar-refractivity contribution in [3.8, 4) is 5.75 Å². The van der Waals surface area contributed by atoms with Gasteiger partial charge in [-0.05, 0) is 48.5 Å². The fraction of sp³-hybridized carbons (Fsp3) is 0.208. The molecular weight excluding hydrogens is 465 g/mol. The zero-order chi connectivity index (χ0) is 24.1. The number of benzene rings is 2. The number of amides is 2. The molecule has 0 unspecified atom stereocenters. The van der Waals surface area contributed by atoms with Crippen LogP contribution < -0.4 is 9.64 Å². The van der Waals surface area contributed by atoms with Gasteiger partial charge in [0, 0.05) is 18.7 Å². The summed E-state index contributed by atoms with van der Waals surface area (Å²) in [7, 11) is 0. The molecule has 8 nitrogen and oxygen atoms in total. The van der Waals surface area contributed by atoms with Gasteiger partial charge >= 0.3 is 5.97 Å². The number of hydrazone groups is 1. The third-order valence-corrected chi connectivity index (χ3v) is 6.41. The number of ether oxygens (including phenoxy) is 1. The Morgan fingerprint density at radius 3 is 2.44 bits per heavy atom. The molecule has 5 rings (SSSR count). The molecule has 0 bridgehead atoms. The Hall–Kier alpha value is -3.85. The number of anilines is 1. The lowest BCUT2D eigenvalue weighted by Gasteiger charge is -2.30. The molecule has 4 atom stereocenters. The second-order valence-corrected chi connectivity index (χ2v) is 8.52. The van der Waals surface area contributed by atoms with Gasteiger partial charge in [-0.1, -0.05) is 17.7 Å². The van der Waals surface area contributed by atoms with E-state index < -0.39 is 53.3 Å². The van der Waals surface area contributed by atoms with Gasteiger partial charge in [-0.15, -0.1) is 0 Å². The van der Waals surface area contributed by atoms with Crippen LogP contribution in [0.15, 0.2) is 59.7 Å². The summed E-state index contributed by atoms with van der Waals surface area (Å²) < 4.78 is 18.7. The second kappa shape index (κ2) is 8.18. The normalized spacial score (nSPS) is 24.9. The van der Waals surface area contributed by atoms with Gasteiger partial charge in [-0.2, -0.15) is 5.10 Å². The molecule has 0 aromatic heterocycles. The van der Waals surface area contributed by atoms with Gasteiger partial charge in [-0.25, -0.2) is 9.29 Å². The smallest absolute Gasteiger partial charge is 0.308 e. The summed E-state index contributed by atoms with van der Waals surface area (Å²) in [5, 5.41) is 5.55. The van der Waals surface area contributed by atoms with Gasteiger partial charge in [0.05, 0.1) is 28.6 Å². The molecule has 3 aliphatic heterocycles. The number of carbonyl (C=O) groups is 4. The number of allylic oxidation sites excluding steroid dienone is 1. The number of carbonyl (C=O) groups excluding carboxylic acids is 4. The lowest BCUT2D eigenvalue weighted by Crippen LogP contribution is -2.46. The first-order valence-corrected chi connectivity index (χ1v) is 10.8. The first-order chi connectivity index (χ1) is 16.3. The molecule has 3 heterocycles. The molecule has 10 heteroatoms. The van der Waals surface area contributed by atoms with Crippen LogP contribution in [0.3, 0.4) is 0 Å². The maximum Gasteiger partial charge on any atom is 0.308 e. The van der Waals surface area contributed by atoms with Crippen LogP contribution >= 0.6 is 11.6 Å². The van der Waals surface area contributed by atoms with Gasteiger partial charge in [0.2, 0.25) is 11.8 Å². The summed E-state index contributed by atoms with van der Waals surface area (Å²) in [5.41, 5.74) is 0.413. The molecule has 0 saturated carbocycles. The second-order valence-electron chi connectivity index (χ2n) is 8.11. The highest BCUT2D eigenvalue weighted by Crippen LogP contribution is 2.46. The molecule has 34 heavy (non-hydrogen) atoms. The van der Waals surface area contributed by atoms with E-state index in [0.717, 1.165) is 11.0 Å². The highest BCUT2D eigenvalue weighted by atomic mass is 35.5. The van der Waals surface area contributed by atoms with Crippen molar-refractivity contribution in [2.45, 2.75) is 19.0 Å². The lowest BCUT2D eigenvalue weighted by molar-refractivity contribution is -0.132. The molecule has 3 aliphatic rings. The summed E-state index contributed by atoms with van der Waals surface area (Å²) in [6.07, 6.45) is 4.89. The molecule has 2 saturated heterocycles. The van der Waals surface area contributed by atoms with Crippen LogP contribution in [0, 0.1) is 17.7 Å². The molecule has 0 spiro atoms. The Morgan fingerprint density at radius 1 is 1.06 bits per heavy atom. The van der Waals surface area contributed by atoms with E-state index in [-0.39, 0.29) is 22.0 Å². The summed E-state index contributed by atoms with van der Waals surface area (Å²) in [5.74, 6) is -4.23. The van der Waals surface area contributed by atoms with E-state index in [1.807, 2.05) is 0 Å². The molecule has 0 radical (unpaired) electrons. The van der Waals surface area contributed by atoms with Crippen LogP contribution in [0.5, 0.6) is 5.75 Å². The number of hydrogen-bond acceptors (Lipinski definition) is 7. The van der Waals surface area contributed by atoms with Crippen LogP contribution in [-0.4, -0.2) is 46.9 Å². The third-order valence-electron chi connectivity index (χ3n) is 6.12. The molecule has 2 fully saturated rings. The summed E-state index contributed by atoms with van der Waals surface area (Å²) in [4.78, 5) is 52.6. The van der Waals surface area contributed by atoms with E-state index in [4.69, 9.17) is 16.3 Å². The standard InChI is InChI=1S/C24H17ClFN3O5/c1-12(30)34-15-7-4-13(5-8-15)22(31)21-20-19(18-3-2-10-27-29(18)21)23(32)28(24(20)33)14-6-9-17(26)16(25)11-14/h2-11,18-21H,1H3/t18-,19-,20-,21+/m1/s1. The highest BCUT2D eigenvalue weighted by Gasteiger charge is 2.64. The van der Waals surface area contributed by atoms with Crippen molar-refractivity contribution in [1.82, 2.24) is 5.01 Å². The van der Waals surface area contributed by atoms with Gasteiger partial charge in [-0.3, -0.25) is 24.2 Å². The SMILES string of the molecule is CC(=O)Oc1ccc(C(=O)[C@@H]2[C@@H]3C(=O)N(c4ccc(F)c(Cl)c4)C(=O)[C@@H]3[C@H]3C=CC=NN32)cc1. The Balaban J connectivity index is 1.52. The number of ketones is 1. The van der Waals surface area contributed by atoms with Gasteiger partial charge in [0.15, 0.2) is 5.78 Å². The first kappa shape index (κ1) is 22.0. The fourth-order valence-electron chi connectivity index (χ4n) is 4.74. The minimum absolute atomic E-state index is 0.141. The van der Waals surface area contributed by atoms with Crippen molar-refractivity contribution in [2.24, 2.45) is 16.9 Å². The van der Waals surface area contributed by atoms with E-state index in [0.29, 0.717) is 0 Å². The number of Topliss-reactive ketones (excluding diaryl/α,β-unsaturated/α-hetero) is 1. The van der Waals surface area contributed by atoms with Gasteiger partial charge in [0.25, 0.3) is 0 Å².